The lowest BCUT2D eigenvalue weighted by atomic mass is 9.89. The number of rotatable bonds is 4. The molecule has 140 valence electrons. The highest BCUT2D eigenvalue weighted by molar-refractivity contribution is 6.02. The fourth-order valence-electron chi connectivity index (χ4n) is 4.07. The number of methoxy groups -OCH3 is 1. The van der Waals surface area contributed by atoms with Crippen molar-refractivity contribution in [3.05, 3.63) is 58.7 Å². The molecule has 0 fully saturated rings. The minimum absolute atomic E-state index is 0.128. The quantitative estimate of drug-likeness (QED) is 0.875. The van der Waals surface area contributed by atoms with Gasteiger partial charge in [0.15, 0.2) is 0 Å². The molecule has 5 heteroatoms. The van der Waals surface area contributed by atoms with E-state index >= 15 is 0 Å². The van der Waals surface area contributed by atoms with Crippen LogP contribution in [0.5, 0.6) is 5.75 Å². The van der Waals surface area contributed by atoms with E-state index in [1.54, 1.807) is 13.2 Å². The van der Waals surface area contributed by atoms with Crippen LogP contribution in [0.25, 0.3) is 0 Å². The summed E-state index contributed by atoms with van der Waals surface area (Å²) in [6, 6.07) is 12.0. The van der Waals surface area contributed by atoms with E-state index in [4.69, 9.17) is 4.74 Å². The van der Waals surface area contributed by atoms with E-state index in [-0.39, 0.29) is 18.2 Å². The zero-order valence-electron chi connectivity index (χ0n) is 15.5. The Balaban J connectivity index is 1.50. The number of hydrogen-bond donors (Lipinski definition) is 2. The highest BCUT2D eigenvalue weighted by atomic mass is 16.5. The standard InChI is InChI=1S/C22H24N2O3/c1-27-19-8-4-7-17-18(12-20(25)24-21(17)19)22(26)23-13-14-9-10-15-5-2-3-6-16(15)11-14/h4,7-11,18H,2-3,5-6,12-13H2,1H3,(H,23,26)(H,24,25)/t18-/m0/s1. The summed E-state index contributed by atoms with van der Waals surface area (Å²) in [4.78, 5) is 24.9. The average Bonchev–Trinajstić information content (AvgIpc) is 2.70. The van der Waals surface area contributed by atoms with Crippen LogP contribution < -0.4 is 15.4 Å². The second-order valence-corrected chi connectivity index (χ2v) is 7.26. The highest BCUT2D eigenvalue weighted by Gasteiger charge is 2.32. The zero-order chi connectivity index (χ0) is 18.8. The van der Waals surface area contributed by atoms with Gasteiger partial charge in [-0.3, -0.25) is 9.59 Å². The number of benzene rings is 2. The van der Waals surface area contributed by atoms with E-state index in [9.17, 15) is 9.59 Å². The third-order valence-corrected chi connectivity index (χ3v) is 5.50. The molecule has 0 spiro atoms. The summed E-state index contributed by atoms with van der Waals surface area (Å²) in [5.41, 5.74) is 5.35. The maximum Gasteiger partial charge on any atom is 0.228 e. The second kappa shape index (κ2) is 7.43. The number of fused-ring (bicyclic) bond motifs is 2. The largest absolute Gasteiger partial charge is 0.495 e. The Hall–Kier alpha value is -2.82. The van der Waals surface area contributed by atoms with Gasteiger partial charge in [0.2, 0.25) is 11.8 Å². The van der Waals surface area contributed by atoms with E-state index < -0.39 is 5.92 Å². The Bertz CT molecular complexity index is 891. The first-order valence-electron chi connectivity index (χ1n) is 9.51. The van der Waals surface area contributed by atoms with Gasteiger partial charge in [0.1, 0.15) is 5.75 Å². The fraction of sp³-hybridized carbons (Fsp3) is 0.364. The molecule has 27 heavy (non-hydrogen) atoms. The second-order valence-electron chi connectivity index (χ2n) is 7.26. The Labute approximate surface area is 159 Å². The summed E-state index contributed by atoms with van der Waals surface area (Å²) < 4.78 is 5.32. The van der Waals surface area contributed by atoms with Gasteiger partial charge < -0.3 is 15.4 Å². The van der Waals surface area contributed by atoms with E-state index in [1.807, 2.05) is 12.1 Å². The van der Waals surface area contributed by atoms with Crippen molar-refractivity contribution in [2.75, 3.05) is 12.4 Å². The predicted octanol–water partition coefficient (Wildman–Crippen LogP) is 3.32. The zero-order valence-corrected chi connectivity index (χ0v) is 15.5. The number of hydrogen-bond acceptors (Lipinski definition) is 3. The lowest BCUT2D eigenvalue weighted by Gasteiger charge is -2.26. The number of ether oxygens (including phenoxy) is 1. The van der Waals surface area contributed by atoms with Crippen molar-refractivity contribution in [2.24, 2.45) is 0 Å². The molecule has 2 aromatic carbocycles. The van der Waals surface area contributed by atoms with Crippen LogP contribution >= 0.6 is 0 Å². The molecule has 4 rings (SSSR count). The van der Waals surface area contributed by atoms with Crippen LogP contribution in [0.1, 0.15) is 47.4 Å². The van der Waals surface area contributed by atoms with Crippen LogP contribution in [-0.2, 0) is 29.0 Å². The van der Waals surface area contributed by atoms with Crippen LogP contribution in [0, 0.1) is 0 Å². The van der Waals surface area contributed by atoms with Crippen LogP contribution in [-0.4, -0.2) is 18.9 Å². The molecular formula is C22H24N2O3. The monoisotopic (exact) mass is 364 g/mol. The van der Waals surface area contributed by atoms with Crippen molar-refractivity contribution < 1.29 is 14.3 Å². The number of carbonyl (C=O) groups is 2. The number of amides is 2. The molecule has 1 atom stereocenters. The van der Waals surface area contributed by atoms with Gasteiger partial charge in [-0.2, -0.15) is 0 Å². The van der Waals surface area contributed by atoms with Gasteiger partial charge in [0.05, 0.1) is 18.7 Å². The fourth-order valence-corrected chi connectivity index (χ4v) is 4.07. The molecule has 2 amide bonds. The molecule has 0 saturated carbocycles. The Morgan fingerprint density at radius 3 is 2.81 bits per heavy atom. The van der Waals surface area contributed by atoms with Crippen molar-refractivity contribution >= 4 is 17.5 Å². The predicted molar refractivity (Wildman–Crippen MR) is 104 cm³/mol. The van der Waals surface area contributed by atoms with Crippen molar-refractivity contribution in [1.29, 1.82) is 0 Å². The lowest BCUT2D eigenvalue weighted by molar-refractivity contribution is -0.126. The summed E-state index contributed by atoms with van der Waals surface area (Å²) in [7, 11) is 1.56. The SMILES string of the molecule is COc1cccc2c1NC(=O)C[C@@H]2C(=O)NCc1ccc2c(c1)CCCC2. The first-order chi connectivity index (χ1) is 13.2. The number of para-hydroxylation sites is 1. The summed E-state index contributed by atoms with van der Waals surface area (Å²) in [5, 5.41) is 5.84. The van der Waals surface area contributed by atoms with E-state index in [1.165, 1.54) is 24.0 Å². The van der Waals surface area contributed by atoms with Crippen molar-refractivity contribution in [1.82, 2.24) is 5.32 Å². The number of nitrogens with one attached hydrogen (secondary N) is 2. The first kappa shape index (κ1) is 17.6. The molecule has 2 aromatic rings. The van der Waals surface area contributed by atoms with Crippen LogP contribution in [0.2, 0.25) is 0 Å². The Kier molecular flexibility index (Phi) is 4.84. The molecule has 2 N–H and O–H groups in total. The molecule has 0 radical (unpaired) electrons. The maximum absolute atomic E-state index is 12.8. The first-order valence-corrected chi connectivity index (χ1v) is 9.51. The molecule has 5 nitrogen and oxygen atoms in total. The van der Waals surface area contributed by atoms with Crippen molar-refractivity contribution in [2.45, 2.75) is 44.6 Å². The molecule has 0 aromatic heterocycles. The van der Waals surface area contributed by atoms with Crippen molar-refractivity contribution in [3.8, 4) is 5.75 Å². The molecule has 0 bridgehead atoms. The van der Waals surface area contributed by atoms with Gasteiger partial charge in [-0.1, -0.05) is 30.3 Å². The molecule has 1 heterocycles. The molecule has 2 aliphatic rings. The summed E-state index contributed by atoms with van der Waals surface area (Å²) in [5.74, 6) is -0.215. The molecular weight excluding hydrogens is 340 g/mol. The molecule has 0 saturated heterocycles. The van der Waals surface area contributed by atoms with Gasteiger partial charge >= 0.3 is 0 Å². The molecule has 0 unspecified atom stereocenters. The minimum atomic E-state index is -0.499. The minimum Gasteiger partial charge on any atom is -0.495 e. The number of aryl methyl sites for hydroxylation is 2. The van der Waals surface area contributed by atoms with Gasteiger partial charge in [0, 0.05) is 13.0 Å². The van der Waals surface area contributed by atoms with E-state index in [0.717, 1.165) is 24.0 Å². The topological polar surface area (TPSA) is 67.4 Å². The van der Waals surface area contributed by atoms with Gasteiger partial charge in [-0.15, -0.1) is 0 Å². The van der Waals surface area contributed by atoms with E-state index in [2.05, 4.69) is 28.8 Å². The molecule has 1 aliphatic carbocycles. The molecule has 1 aliphatic heterocycles. The third kappa shape index (κ3) is 3.54. The lowest BCUT2D eigenvalue weighted by Crippen LogP contribution is -2.35. The van der Waals surface area contributed by atoms with Gasteiger partial charge in [0.25, 0.3) is 0 Å². The highest BCUT2D eigenvalue weighted by Crippen LogP contribution is 2.38. The van der Waals surface area contributed by atoms with Crippen molar-refractivity contribution in [3.63, 3.8) is 0 Å². The summed E-state index contributed by atoms with van der Waals surface area (Å²) >= 11 is 0. The Morgan fingerprint density at radius 1 is 1.19 bits per heavy atom. The van der Waals surface area contributed by atoms with Crippen LogP contribution in [0.3, 0.4) is 0 Å². The third-order valence-electron chi connectivity index (χ3n) is 5.50. The normalized spacial score (nSPS) is 18.1. The Morgan fingerprint density at radius 2 is 2.00 bits per heavy atom. The van der Waals surface area contributed by atoms with Gasteiger partial charge in [-0.05, 0) is 54.0 Å². The van der Waals surface area contributed by atoms with Crippen LogP contribution in [0.4, 0.5) is 5.69 Å². The summed E-state index contributed by atoms with van der Waals surface area (Å²) in [6.45, 7) is 0.476. The smallest absolute Gasteiger partial charge is 0.228 e. The van der Waals surface area contributed by atoms with Gasteiger partial charge in [-0.25, -0.2) is 0 Å². The number of anilines is 1. The maximum atomic E-state index is 12.8. The van der Waals surface area contributed by atoms with Crippen LogP contribution in [0.15, 0.2) is 36.4 Å². The van der Waals surface area contributed by atoms with E-state index in [0.29, 0.717) is 18.0 Å². The number of carbonyl (C=O) groups excluding carboxylic acids is 2. The summed E-state index contributed by atoms with van der Waals surface area (Å²) in [6.07, 6.45) is 4.91. The average molecular weight is 364 g/mol.